The highest BCUT2D eigenvalue weighted by Gasteiger charge is 2.74. The number of hydrogen-bond donors (Lipinski definition) is 1. The average Bonchev–Trinajstić information content (AvgIpc) is 3.19. The van der Waals surface area contributed by atoms with Crippen molar-refractivity contribution < 1.29 is 18.3 Å². The number of aliphatic hydroxyl groups is 1. The van der Waals surface area contributed by atoms with Crippen LogP contribution in [0.5, 0.6) is 0 Å². The quantitative estimate of drug-likeness (QED) is 0.757. The lowest BCUT2D eigenvalue weighted by Gasteiger charge is -2.44. The number of hydrogen-bond acceptors (Lipinski definition) is 2. The summed E-state index contributed by atoms with van der Waals surface area (Å²) >= 11 is 0. The molecule has 2 nitrogen and oxygen atoms in total. The van der Waals surface area contributed by atoms with Gasteiger partial charge >= 0.3 is 0 Å². The van der Waals surface area contributed by atoms with Crippen molar-refractivity contribution in [2.24, 2.45) is 5.41 Å². The summed E-state index contributed by atoms with van der Waals surface area (Å²) in [5.41, 5.74) is -1.49. The van der Waals surface area contributed by atoms with Crippen LogP contribution in [-0.2, 0) is 4.43 Å². The highest BCUT2D eigenvalue weighted by molar-refractivity contribution is 6.99. The smallest absolute Gasteiger partial charge is 0.261 e. The maximum absolute atomic E-state index is 14.2. The van der Waals surface area contributed by atoms with E-state index in [2.05, 4.69) is 20.8 Å². The third kappa shape index (κ3) is 3.26. The van der Waals surface area contributed by atoms with Crippen molar-refractivity contribution in [1.29, 1.82) is 0 Å². The van der Waals surface area contributed by atoms with Crippen molar-refractivity contribution >= 4 is 18.7 Å². The molecule has 2 aromatic carbocycles. The number of halogens is 2. The highest BCUT2D eigenvalue weighted by Crippen LogP contribution is 2.63. The Kier molecular flexibility index (Phi) is 5.08. The van der Waals surface area contributed by atoms with Crippen LogP contribution in [-0.4, -0.2) is 32.1 Å². The fraction of sp³-hybridized carbons (Fsp3) is 0.455. The van der Waals surface area contributed by atoms with Gasteiger partial charge in [-0.15, -0.1) is 0 Å². The van der Waals surface area contributed by atoms with Crippen LogP contribution in [0, 0.1) is 5.41 Å². The minimum Gasteiger partial charge on any atom is -0.407 e. The van der Waals surface area contributed by atoms with E-state index in [1.54, 1.807) is 0 Å². The minimum atomic E-state index is -2.88. The predicted octanol–water partition coefficient (Wildman–Crippen LogP) is 3.97. The number of aliphatic hydroxyl groups excluding tert-OH is 1. The van der Waals surface area contributed by atoms with Gasteiger partial charge in [0, 0.05) is 13.0 Å². The molecule has 0 heterocycles. The van der Waals surface area contributed by atoms with Crippen LogP contribution in [0.25, 0.3) is 0 Å². The maximum Gasteiger partial charge on any atom is 0.261 e. The SMILES string of the molecule is CC(O)C1(CO[Si](c2ccccc2)(c2ccccc2)C(C)(C)C)CC1(F)F. The molecule has 3 rings (SSSR count). The molecule has 1 aliphatic carbocycles. The van der Waals surface area contributed by atoms with Gasteiger partial charge in [0.2, 0.25) is 0 Å². The molecular weight excluding hydrogens is 362 g/mol. The zero-order chi connectivity index (χ0) is 19.9. The Balaban J connectivity index is 2.11. The van der Waals surface area contributed by atoms with Crippen molar-refractivity contribution in [2.75, 3.05) is 6.61 Å². The van der Waals surface area contributed by atoms with Gasteiger partial charge in [0.1, 0.15) is 0 Å². The lowest BCUT2D eigenvalue weighted by Crippen LogP contribution is -2.67. The van der Waals surface area contributed by atoms with Gasteiger partial charge in [0.15, 0.2) is 0 Å². The summed E-state index contributed by atoms with van der Waals surface area (Å²) in [6.07, 6.45) is -1.44. The van der Waals surface area contributed by atoms with Crippen LogP contribution in [0.2, 0.25) is 5.04 Å². The van der Waals surface area contributed by atoms with Crippen LogP contribution < -0.4 is 10.4 Å². The van der Waals surface area contributed by atoms with E-state index in [4.69, 9.17) is 4.43 Å². The topological polar surface area (TPSA) is 29.5 Å². The molecule has 0 saturated heterocycles. The minimum absolute atomic E-state index is 0.148. The van der Waals surface area contributed by atoms with E-state index in [0.717, 1.165) is 10.4 Å². The number of benzene rings is 2. The third-order valence-corrected chi connectivity index (χ3v) is 10.9. The van der Waals surface area contributed by atoms with Crippen molar-refractivity contribution in [2.45, 2.75) is 51.2 Å². The van der Waals surface area contributed by atoms with Crippen LogP contribution in [0.3, 0.4) is 0 Å². The first-order valence-electron chi connectivity index (χ1n) is 9.38. The van der Waals surface area contributed by atoms with Crippen LogP contribution in [0.15, 0.2) is 60.7 Å². The summed E-state index contributed by atoms with van der Waals surface area (Å²) in [5, 5.41) is 11.9. The Morgan fingerprint density at radius 2 is 1.41 bits per heavy atom. The normalized spacial score (nSPS) is 23.1. The Morgan fingerprint density at radius 1 is 1.00 bits per heavy atom. The molecule has 0 radical (unpaired) electrons. The first kappa shape index (κ1) is 20.2. The third-order valence-electron chi connectivity index (χ3n) is 5.90. The molecule has 2 unspecified atom stereocenters. The number of alkyl halides is 2. The molecule has 2 aromatic rings. The molecule has 27 heavy (non-hydrogen) atoms. The average molecular weight is 391 g/mol. The van der Waals surface area contributed by atoms with E-state index < -0.39 is 25.8 Å². The van der Waals surface area contributed by atoms with Crippen LogP contribution in [0.4, 0.5) is 8.78 Å². The number of rotatable bonds is 6. The summed E-state index contributed by atoms with van der Waals surface area (Å²) in [6.45, 7) is 7.62. The molecule has 0 aliphatic heterocycles. The van der Waals surface area contributed by atoms with Gasteiger partial charge in [-0.05, 0) is 22.3 Å². The van der Waals surface area contributed by atoms with Crippen molar-refractivity contribution in [1.82, 2.24) is 0 Å². The van der Waals surface area contributed by atoms with E-state index in [9.17, 15) is 13.9 Å². The lowest BCUT2D eigenvalue weighted by molar-refractivity contribution is -0.0235. The highest BCUT2D eigenvalue weighted by atomic mass is 28.4. The molecule has 1 aliphatic rings. The Labute approximate surface area is 161 Å². The van der Waals surface area contributed by atoms with Gasteiger partial charge in [-0.3, -0.25) is 0 Å². The van der Waals surface area contributed by atoms with Gasteiger partial charge < -0.3 is 9.53 Å². The second-order valence-electron chi connectivity index (χ2n) is 8.67. The monoisotopic (exact) mass is 390 g/mol. The molecule has 5 heteroatoms. The molecule has 2 atom stereocenters. The summed E-state index contributed by atoms with van der Waals surface area (Å²) in [4.78, 5) is 0. The second-order valence-corrected chi connectivity index (χ2v) is 13.0. The van der Waals surface area contributed by atoms with Gasteiger partial charge in [0.25, 0.3) is 14.2 Å². The summed E-state index contributed by atoms with van der Waals surface area (Å²) in [5.74, 6) is -2.88. The first-order valence-corrected chi connectivity index (χ1v) is 11.3. The van der Waals surface area contributed by atoms with E-state index in [1.165, 1.54) is 6.92 Å². The van der Waals surface area contributed by atoms with E-state index in [0.29, 0.717) is 0 Å². The van der Waals surface area contributed by atoms with Crippen molar-refractivity contribution in [3.63, 3.8) is 0 Å². The molecule has 0 bridgehead atoms. The maximum atomic E-state index is 14.2. The molecule has 0 aromatic heterocycles. The van der Waals surface area contributed by atoms with E-state index in [-0.39, 0.29) is 18.1 Å². The molecule has 0 amide bonds. The van der Waals surface area contributed by atoms with Crippen LogP contribution in [0.1, 0.15) is 34.1 Å². The van der Waals surface area contributed by atoms with Crippen molar-refractivity contribution in [3.8, 4) is 0 Å². The van der Waals surface area contributed by atoms with E-state index >= 15 is 0 Å². The Hall–Kier alpha value is -1.56. The Bertz CT molecular complexity index is 732. The van der Waals surface area contributed by atoms with Crippen molar-refractivity contribution in [3.05, 3.63) is 60.7 Å². The largest absolute Gasteiger partial charge is 0.407 e. The zero-order valence-electron chi connectivity index (χ0n) is 16.4. The van der Waals surface area contributed by atoms with Gasteiger partial charge in [-0.25, -0.2) is 8.78 Å². The van der Waals surface area contributed by atoms with Crippen LogP contribution >= 0.6 is 0 Å². The molecule has 146 valence electrons. The van der Waals surface area contributed by atoms with E-state index in [1.807, 2.05) is 60.7 Å². The second kappa shape index (κ2) is 6.80. The fourth-order valence-corrected chi connectivity index (χ4v) is 8.71. The zero-order valence-corrected chi connectivity index (χ0v) is 17.4. The fourth-order valence-electron chi connectivity index (χ4n) is 4.08. The lowest BCUT2D eigenvalue weighted by atomic mass is 10.0. The van der Waals surface area contributed by atoms with Gasteiger partial charge in [-0.1, -0.05) is 81.4 Å². The molecule has 0 spiro atoms. The van der Waals surface area contributed by atoms with Gasteiger partial charge in [-0.2, -0.15) is 0 Å². The summed E-state index contributed by atoms with van der Waals surface area (Å²) < 4.78 is 34.9. The standard InChI is InChI=1S/C22H28F2O2Si/c1-17(25)21(15-22(21,23)24)16-26-27(20(2,3)4,18-11-7-5-8-12-18)19-13-9-6-10-14-19/h5-14,17,25H,15-16H2,1-4H3. The summed E-state index contributed by atoms with van der Waals surface area (Å²) in [6, 6.07) is 19.9. The Morgan fingerprint density at radius 3 is 1.70 bits per heavy atom. The molecule has 1 saturated carbocycles. The molecular formula is C22H28F2O2Si. The summed E-state index contributed by atoms with van der Waals surface area (Å²) in [7, 11) is -2.87. The van der Waals surface area contributed by atoms with Gasteiger partial charge in [0.05, 0.1) is 11.5 Å². The molecule has 1 N–H and O–H groups in total. The predicted molar refractivity (Wildman–Crippen MR) is 107 cm³/mol. The molecule has 1 fully saturated rings. The first-order chi connectivity index (χ1) is 12.6.